The van der Waals surface area contributed by atoms with E-state index in [0.29, 0.717) is 22.4 Å². The predicted octanol–water partition coefficient (Wildman–Crippen LogP) is 5.54. The minimum atomic E-state index is -1.45. The fourth-order valence-electron chi connectivity index (χ4n) is 5.65. The van der Waals surface area contributed by atoms with Crippen LogP contribution in [0.1, 0.15) is 43.8 Å². The van der Waals surface area contributed by atoms with E-state index in [1.165, 1.54) is 36.3 Å². The van der Waals surface area contributed by atoms with Gasteiger partial charge in [-0.15, -0.1) is 0 Å². The first-order valence-electron chi connectivity index (χ1n) is 12.9. The number of benzene rings is 4. The molecular formula is C32H26N2O7. The van der Waals surface area contributed by atoms with Crippen molar-refractivity contribution >= 4 is 23.3 Å². The summed E-state index contributed by atoms with van der Waals surface area (Å²) in [5.74, 6) is -3.67. The van der Waals surface area contributed by atoms with Crippen molar-refractivity contribution in [2.45, 2.75) is 18.0 Å². The zero-order valence-electron chi connectivity index (χ0n) is 22.0. The number of likely N-dealkylation sites (tertiary alicyclic amines) is 1. The highest BCUT2D eigenvalue weighted by Crippen LogP contribution is 2.52. The third-order valence-electron chi connectivity index (χ3n) is 7.48. The molecule has 0 saturated carbocycles. The van der Waals surface area contributed by atoms with Gasteiger partial charge in [0.15, 0.2) is 5.78 Å². The molecule has 9 heteroatoms. The van der Waals surface area contributed by atoms with E-state index in [0.717, 1.165) is 0 Å². The lowest BCUT2D eigenvalue weighted by Gasteiger charge is -2.30. The number of methoxy groups -OCH3 is 1. The molecule has 0 aromatic heterocycles. The summed E-state index contributed by atoms with van der Waals surface area (Å²) in [5.41, 5.74) is 1.42. The lowest BCUT2D eigenvalue weighted by atomic mass is 9.76. The number of ether oxygens (including phenoxy) is 1. The minimum absolute atomic E-state index is 0.173. The summed E-state index contributed by atoms with van der Waals surface area (Å²) in [5, 5.41) is 22.0. The van der Waals surface area contributed by atoms with Gasteiger partial charge in [-0.1, -0.05) is 72.8 Å². The maximum Gasteiger partial charge on any atom is 0.327 e. The minimum Gasteiger partial charge on any atom is -0.497 e. The Kier molecular flexibility index (Phi) is 7.60. The van der Waals surface area contributed by atoms with E-state index >= 15 is 0 Å². The first kappa shape index (κ1) is 27.3. The standard InChI is InChI=1S/C32H26N2O7/c1-41-25-18-14-21(15-19-25)28-27(30(35)22-8-4-2-5-9-22)26(20-12-16-24(17-13-20)34(39)40)29(32(37)38)33(28)31(36)23-10-6-3-7-11-23/h2-19,26-29H,1H3,(H,37,38). The van der Waals surface area contributed by atoms with Crippen LogP contribution in [0, 0.1) is 16.0 Å². The Morgan fingerprint density at radius 1 is 0.780 bits per heavy atom. The molecule has 4 unspecified atom stereocenters. The summed E-state index contributed by atoms with van der Waals surface area (Å²) in [6.45, 7) is 0. The molecule has 5 rings (SSSR count). The summed E-state index contributed by atoms with van der Waals surface area (Å²) in [6.07, 6.45) is 0. The summed E-state index contributed by atoms with van der Waals surface area (Å²) in [4.78, 5) is 53.6. The maximum atomic E-state index is 14.3. The van der Waals surface area contributed by atoms with Crippen LogP contribution in [0.5, 0.6) is 5.75 Å². The molecule has 0 bridgehead atoms. The van der Waals surface area contributed by atoms with Gasteiger partial charge in [-0.05, 0) is 35.4 Å². The SMILES string of the molecule is COc1ccc(C2C(C(=O)c3ccccc3)C(c3ccc([N+](=O)[O-])cc3)C(C(=O)O)N2C(=O)c2ccccc2)cc1. The molecule has 4 atom stereocenters. The van der Waals surface area contributed by atoms with Gasteiger partial charge in [0.05, 0.1) is 24.0 Å². The molecule has 0 radical (unpaired) electrons. The van der Waals surface area contributed by atoms with Gasteiger partial charge in [-0.2, -0.15) is 0 Å². The van der Waals surface area contributed by atoms with Crippen LogP contribution in [0.25, 0.3) is 0 Å². The number of carboxylic acid groups (broad SMARTS) is 1. The van der Waals surface area contributed by atoms with Crippen molar-refractivity contribution in [2.75, 3.05) is 7.11 Å². The molecule has 4 aromatic rings. The van der Waals surface area contributed by atoms with E-state index in [1.807, 2.05) is 0 Å². The molecule has 9 nitrogen and oxygen atoms in total. The topological polar surface area (TPSA) is 127 Å². The van der Waals surface area contributed by atoms with E-state index < -0.39 is 40.7 Å². The van der Waals surface area contributed by atoms with Crippen molar-refractivity contribution in [1.29, 1.82) is 0 Å². The molecule has 0 aliphatic carbocycles. The zero-order chi connectivity index (χ0) is 29.1. The number of carboxylic acids is 1. The maximum absolute atomic E-state index is 14.3. The second-order valence-corrected chi connectivity index (χ2v) is 9.71. The molecule has 4 aromatic carbocycles. The Morgan fingerprint density at radius 2 is 1.32 bits per heavy atom. The Balaban J connectivity index is 1.77. The Morgan fingerprint density at radius 3 is 1.83 bits per heavy atom. The molecule has 1 aliphatic heterocycles. The van der Waals surface area contributed by atoms with Crippen LogP contribution in [0.15, 0.2) is 109 Å². The number of rotatable bonds is 8. The van der Waals surface area contributed by atoms with Gasteiger partial charge in [0.1, 0.15) is 11.8 Å². The number of carbonyl (C=O) groups excluding carboxylic acids is 2. The van der Waals surface area contributed by atoms with E-state index in [9.17, 15) is 29.6 Å². The molecule has 41 heavy (non-hydrogen) atoms. The highest BCUT2D eigenvalue weighted by Gasteiger charge is 2.57. The number of nitrogens with zero attached hydrogens (tertiary/aromatic N) is 2. The summed E-state index contributed by atoms with van der Waals surface area (Å²) in [7, 11) is 1.52. The average molecular weight is 551 g/mol. The molecule has 206 valence electrons. The van der Waals surface area contributed by atoms with Crippen LogP contribution in [-0.2, 0) is 4.79 Å². The zero-order valence-corrected chi connectivity index (χ0v) is 22.0. The van der Waals surface area contributed by atoms with Gasteiger partial charge in [0.2, 0.25) is 0 Å². The first-order valence-corrected chi connectivity index (χ1v) is 12.9. The first-order chi connectivity index (χ1) is 19.8. The number of non-ortho nitro benzene ring substituents is 1. The van der Waals surface area contributed by atoms with Crippen LogP contribution < -0.4 is 4.74 Å². The number of Topliss-reactive ketones (excluding diaryl/α,β-unsaturated/α-hetero) is 1. The van der Waals surface area contributed by atoms with E-state index in [-0.39, 0.29) is 17.0 Å². The smallest absolute Gasteiger partial charge is 0.327 e. The van der Waals surface area contributed by atoms with E-state index in [1.54, 1.807) is 84.9 Å². The van der Waals surface area contributed by atoms with Gasteiger partial charge in [0.25, 0.3) is 11.6 Å². The second kappa shape index (κ2) is 11.4. The Hall–Kier alpha value is -5.31. The molecule has 1 saturated heterocycles. The molecular weight excluding hydrogens is 524 g/mol. The highest BCUT2D eigenvalue weighted by atomic mass is 16.6. The van der Waals surface area contributed by atoms with Crippen LogP contribution in [0.3, 0.4) is 0 Å². The van der Waals surface area contributed by atoms with Gasteiger partial charge in [0, 0.05) is 29.2 Å². The summed E-state index contributed by atoms with van der Waals surface area (Å²) in [6, 6.07) is 26.7. The van der Waals surface area contributed by atoms with Gasteiger partial charge >= 0.3 is 5.97 Å². The van der Waals surface area contributed by atoms with Crippen LogP contribution in [0.2, 0.25) is 0 Å². The number of nitro groups is 1. The fraction of sp³-hybridized carbons (Fsp3) is 0.156. The number of ketones is 1. The molecule has 0 spiro atoms. The number of hydrogen-bond donors (Lipinski definition) is 1. The Bertz CT molecular complexity index is 1570. The number of hydrogen-bond acceptors (Lipinski definition) is 6. The number of carbonyl (C=O) groups is 3. The lowest BCUT2D eigenvalue weighted by Crippen LogP contribution is -2.43. The van der Waals surface area contributed by atoms with Crippen LogP contribution in [-0.4, -0.2) is 45.7 Å². The van der Waals surface area contributed by atoms with Gasteiger partial charge in [-0.25, -0.2) is 4.79 Å². The van der Waals surface area contributed by atoms with Crippen molar-refractivity contribution < 1.29 is 29.2 Å². The molecule has 1 fully saturated rings. The molecule has 1 N–H and O–H groups in total. The van der Waals surface area contributed by atoms with Crippen molar-refractivity contribution in [1.82, 2.24) is 4.90 Å². The predicted molar refractivity (Wildman–Crippen MR) is 150 cm³/mol. The average Bonchev–Trinajstić information content (AvgIpc) is 3.37. The Labute approximate surface area is 235 Å². The lowest BCUT2D eigenvalue weighted by molar-refractivity contribution is -0.384. The van der Waals surface area contributed by atoms with Crippen molar-refractivity contribution in [3.63, 3.8) is 0 Å². The third-order valence-corrected chi connectivity index (χ3v) is 7.48. The normalized spacial score (nSPS) is 19.9. The van der Waals surface area contributed by atoms with E-state index in [2.05, 4.69) is 0 Å². The molecule has 1 heterocycles. The monoisotopic (exact) mass is 550 g/mol. The number of amides is 1. The molecule has 1 amide bonds. The van der Waals surface area contributed by atoms with Gasteiger partial charge in [-0.3, -0.25) is 19.7 Å². The van der Waals surface area contributed by atoms with E-state index in [4.69, 9.17) is 4.74 Å². The van der Waals surface area contributed by atoms with Crippen LogP contribution in [0.4, 0.5) is 5.69 Å². The van der Waals surface area contributed by atoms with Gasteiger partial charge < -0.3 is 14.7 Å². The number of aliphatic carboxylic acids is 1. The quantitative estimate of drug-likeness (QED) is 0.173. The third kappa shape index (κ3) is 5.17. The summed E-state index contributed by atoms with van der Waals surface area (Å²) >= 11 is 0. The second-order valence-electron chi connectivity index (χ2n) is 9.71. The fourth-order valence-corrected chi connectivity index (χ4v) is 5.65. The summed E-state index contributed by atoms with van der Waals surface area (Å²) < 4.78 is 5.30. The van der Waals surface area contributed by atoms with Crippen molar-refractivity contribution in [3.8, 4) is 5.75 Å². The molecule has 1 aliphatic rings. The number of nitro benzene ring substituents is 1. The highest BCUT2D eigenvalue weighted by molar-refractivity contribution is 6.03. The van der Waals surface area contributed by atoms with Crippen LogP contribution >= 0.6 is 0 Å². The van der Waals surface area contributed by atoms with Crippen molar-refractivity contribution in [2.24, 2.45) is 5.92 Å². The largest absolute Gasteiger partial charge is 0.497 e. The van der Waals surface area contributed by atoms with Crippen molar-refractivity contribution in [3.05, 3.63) is 142 Å².